The van der Waals surface area contributed by atoms with E-state index in [2.05, 4.69) is 10.3 Å². The van der Waals surface area contributed by atoms with E-state index in [1.807, 2.05) is 42.5 Å². The Labute approximate surface area is 178 Å². The van der Waals surface area contributed by atoms with Crippen LogP contribution in [-0.2, 0) is 28.2 Å². The molecule has 0 aliphatic heterocycles. The second-order valence-electron chi connectivity index (χ2n) is 7.05. The third-order valence-electron chi connectivity index (χ3n) is 4.92. The Bertz CT molecular complexity index is 1010. The molecule has 1 aromatic heterocycles. The third-order valence-corrected chi connectivity index (χ3v) is 6.32. The minimum Gasteiger partial charge on any atom is -0.379 e. The van der Waals surface area contributed by atoms with E-state index in [1.165, 1.54) is 11.3 Å². The van der Waals surface area contributed by atoms with Crippen molar-refractivity contribution < 1.29 is 14.6 Å². The van der Waals surface area contributed by atoms with Crippen LogP contribution in [0.5, 0.6) is 0 Å². The van der Waals surface area contributed by atoms with Gasteiger partial charge in [-0.15, -0.1) is 0 Å². The zero-order valence-corrected chi connectivity index (χ0v) is 17.3. The van der Waals surface area contributed by atoms with Crippen molar-refractivity contribution in [1.29, 1.82) is 0 Å². The highest BCUT2D eigenvalue weighted by Gasteiger charge is 2.39. The van der Waals surface area contributed by atoms with Crippen molar-refractivity contribution >= 4 is 34.0 Å². The van der Waals surface area contributed by atoms with E-state index >= 15 is 0 Å². The monoisotopic (exact) mass is 428 g/mol. The van der Waals surface area contributed by atoms with E-state index in [1.54, 1.807) is 12.1 Å². The van der Waals surface area contributed by atoms with Gasteiger partial charge in [0.1, 0.15) is 12.2 Å². The molecule has 0 bridgehead atoms. The number of benzene rings is 2. The lowest BCUT2D eigenvalue weighted by molar-refractivity contribution is -0.121. The smallest absolute Gasteiger partial charge is 0.252 e. The van der Waals surface area contributed by atoms with Crippen molar-refractivity contribution in [2.24, 2.45) is 0 Å². The van der Waals surface area contributed by atoms with Crippen LogP contribution in [0.3, 0.4) is 0 Å². The van der Waals surface area contributed by atoms with Crippen LogP contribution in [0.1, 0.15) is 34.5 Å². The Morgan fingerprint density at radius 3 is 2.86 bits per heavy atom. The zero-order chi connectivity index (χ0) is 20.3. The van der Waals surface area contributed by atoms with Crippen LogP contribution in [0.15, 0.2) is 54.6 Å². The van der Waals surface area contributed by atoms with Crippen molar-refractivity contribution in [3.8, 4) is 0 Å². The summed E-state index contributed by atoms with van der Waals surface area (Å²) in [7, 11) is 0. The van der Waals surface area contributed by atoms with Crippen LogP contribution in [-0.4, -0.2) is 22.6 Å². The van der Waals surface area contributed by atoms with Crippen LogP contribution in [0.25, 0.3) is 0 Å². The Morgan fingerprint density at radius 1 is 1.24 bits per heavy atom. The largest absolute Gasteiger partial charge is 0.379 e. The molecule has 4 rings (SSSR count). The first-order valence-corrected chi connectivity index (χ1v) is 10.6. The molecule has 150 valence electrons. The third kappa shape index (κ3) is 4.51. The number of fused-ring (bicyclic) bond motifs is 1. The predicted molar refractivity (Wildman–Crippen MR) is 114 cm³/mol. The lowest BCUT2D eigenvalue weighted by atomic mass is 9.82. The van der Waals surface area contributed by atoms with Crippen LogP contribution < -0.4 is 5.32 Å². The van der Waals surface area contributed by atoms with E-state index in [4.69, 9.17) is 16.3 Å². The summed E-state index contributed by atoms with van der Waals surface area (Å²) in [5, 5.41) is 15.3. The highest BCUT2D eigenvalue weighted by Crippen LogP contribution is 2.45. The number of nitrogens with zero attached hydrogens (tertiary/aromatic N) is 1. The first-order valence-electron chi connectivity index (χ1n) is 9.45. The number of carbonyl (C=O) groups is 1. The average Bonchev–Trinajstić information content (AvgIpc) is 3.13. The number of nitrogens with one attached hydrogen (secondary N) is 1. The Hall–Kier alpha value is -2.25. The number of anilines is 1. The SMILES string of the molecule is O=C(COCc1ccccc1)Nc1nc2c(s1)C(O)(c1cccc(Cl)c1)CCC2. The Kier molecular flexibility index (Phi) is 5.96. The van der Waals surface area contributed by atoms with Crippen molar-refractivity contribution in [3.63, 3.8) is 0 Å². The zero-order valence-electron chi connectivity index (χ0n) is 15.7. The standard InChI is InChI=1S/C22H21ClN2O3S/c23-17-9-4-8-16(12-17)22(27)11-5-10-18-20(22)29-21(24-18)25-19(26)14-28-13-15-6-2-1-3-7-15/h1-4,6-9,12,27H,5,10-11,13-14H2,(H,24,25,26). The molecule has 2 N–H and O–H groups in total. The first-order chi connectivity index (χ1) is 14.0. The molecule has 2 aromatic carbocycles. The number of halogens is 1. The normalized spacial score (nSPS) is 18.3. The van der Waals surface area contributed by atoms with Gasteiger partial charge in [-0.05, 0) is 42.5 Å². The van der Waals surface area contributed by atoms with Crippen LogP contribution in [0.2, 0.25) is 5.02 Å². The molecular weight excluding hydrogens is 408 g/mol. The summed E-state index contributed by atoms with van der Waals surface area (Å²) in [5.41, 5.74) is 1.45. The van der Waals surface area contributed by atoms with Crippen molar-refractivity contribution in [2.45, 2.75) is 31.5 Å². The highest BCUT2D eigenvalue weighted by molar-refractivity contribution is 7.16. The molecule has 5 nitrogen and oxygen atoms in total. The second kappa shape index (κ2) is 8.63. The van der Waals surface area contributed by atoms with E-state index < -0.39 is 5.60 Å². The lowest BCUT2D eigenvalue weighted by Crippen LogP contribution is -2.30. The number of amides is 1. The molecule has 1 aliphatic rings. The maximum absolute atomic E-state index is 12.2. The predicted octanol–water partition coefficient (Wildman–Crippen LogP) is 4.52. The lowest BCUT2D eigenvalue weighted by Gasteiger charge is -2.31. The van der Waals surface area contributed by atoms with Gasteiger partial charge < -0.3 is 9.84 Å². The number of carbonyl (C=O) groups excluding carboxylic acids is 1. The molecule has 1 unspecified atom stereocenters. The molecule has 0 radical (unpaired) electrons. The molecule has 0 saturated carbocycles. The molecule has 29 heavy (non-hydrogen) atoms. The topological polar surface area (TPSA) is 71.5 Å². The van der Waals surface area contributed by atoms with Gasteiger partial charge in [-0.2, -0.15) is 0 Å². The number of hydrogen-bond acceptors (Lipinski definition) is 5. The molecule has 1 aliphatic carbocycles. The maximum atomic E-state index is 12.2. The minimum atomic E-state index is -1.14. The first kappa shape index (κ1) is 20.0. The van der Waals surface area contributed by atoms with Gasteiger partial charge in [0.15, 0.2) is 5.13 Å². The highest BCUT2D eigenvalue weighted by atomic mass is 35.5. The molecular formula is C22H21ClN2O3S. The van der Waals surface area contributed by atoms with E-state index in [0.717, 1.165) is 34.5 Å². The van der Waals surface area contributed by atoms with Gasteiger partial charge in [-0.25, -0.2) is 4.98 Å². The van der Waals surface area contributed by atoms with Gasteiger partial charge in [0.2, 0.25) is 0 Å². The average molecular weight is 429 g/mol. The molecule has 7 heteroatoms. The molecule has 3 aromatic rings. The summed E-state index contributed by atoms with van der Waals surface area (Å²) in [6, 6.07) is 17.0. The second-order valence-corrected chi connectivity index (χ2v) is 8.48. The summed E-state index contributed by atoms with van der Waals surface area (Å²) in [6.07, 6.45) is 2.18. The number of aromatic nitrogens is 1. The van der Waals surface area contributed by atoms with Gasteiger partial charge in [0.25, 0.3) is 5.91 Å². The van der Waals surface area contributed by atoms with Crippen molar-refractivity contribution in [3.05, 3.63) is 81.3 Å². The molecule has 0 spiro atoms. The van der Waals surface area contributed by atoms with Gasteiger partial charge >= 0.3 is 0 Å². The summed E-state index contributed by atoms with van der Waals surface area (Å²) in [4.78, 5) is 17.6. The van der Waals surface area contributed by atoms with Crippen LogP contribution >= 0.6 is 22.9 Å². The van der Waals surface area contributed by atoms with Crippen molar-refractivity contribution in [1.82, 2.24) is 4.98 Å². The fraction of sp³-hybridized carbons (Fsp3) is 0.273. The van der Waals surface area contributed by atoms with E-state index in [-0.39, 0.29) is 12.5 Å². The number of thiazole rings is 1. The summed E-state index contributed by atoms with van der Waals surface area (Å²) in [5.74, 6) is -0.265. The van der Waals surface area contributed by atoms with Crippen LogP contribution in [0.4, 0.5) is 5.13 Å². The summed E-state index contributed by atoms with van der Waals surface area (Å²) >= 11 is 7.44. The fourth-order valence-electron chi connectivity index (χ4n) is 3.54. The molecule has 1 amide bonds. The van der Waals surface area contributed by atoms with E-state index in [9.17, 15) is 9.90 Å². The van der Waals surface area contributed by atoms with Gasteiger partial charge in [0.05, 0.1) is 17.2 Å². The summed E-state index contributed by atoms with van der Waals surface area (Å²) < 4.78 is 5.48. The maximum Gasteiger partial charge on any atom is 0.252 e. The summed E-state index contributed by atoms with van der Waals surface area (Å²) in [6.45, 7) is 0.314. The molecule has 0 fully saturated rings. The number of aryl methyl sites for hydroxylation is 1. The Morgan fingerprint density at radius 2 is 2.07 bits per heavy atom. The number of rotatable bonds is 6. The van der Waals surface area contributed by atoms with Gasteiger partial charge in [0, 0.05) is 5.02 Å². The van der Waals surface area contributed by atoms with Crippen molar-refractivity contribution in [2.75, 3.05) is 11.9 Å². The van der Waals surface area contributed by atoms with Crippen LogP contribution in [0, 0.1) is 0 Å². The quantitative estimate of drug-likeness (QED) is 0.605. The van der Waals surface area contributed by atoms with Gasteiger partial charge in [-0.1, -0.05) is 65.4 Å². The molecule has 0 saturated heterocycles. The van der Waals surface area contributed by atoms with E-state index in [0.29, 0.717) is 23.2 Å². The fourth-order valence-corrected chi connectivity index (χ4v) is 4.89. The number of ether oxygens (including phenoxy) is 1. The Balaban J connectivity index is 1.44. The number of hydrogen-bond donors (Lipinski definition) is 2. The number of aliphatic hydroxyl groups is 1. The molecule has 1 heterocycles. The minimum absolute atomic E-state index is 0.0578. The van der Waals surface area contributed by atoms with Gasteiger partial charge in [-0.3, -0.25) is 10.1 Å². The molecule has 1 atom stereocenters.